The highest BCUT2D eigenvalue weighted by molar-refractivity contribution is 7.13. The summed E-state index contributed by atoms with van der Waals surface area (Å²) >= 11 is 1.64. The van der Waals surface area contributed by atoms with Crippen molar-refractivity contribution in [3.05, 3.63) is 41.5 Å². The number of benzene rings is 1. The van der Waals surface area contributed by atoms with Gasteiger partial charge in [0.25, 0.3) is 0 Å². The number of anilines is 1. The Morgan fingerprint density at radius 3 is 3.00 bits per heavy atom. The number of rotatable bonds is 2. The number of piperazine rings is 1. The van der Waals surface area contributed by atoms with E-state index in [-0.39, 0.29) is 5.82 Å². The molecule has 1 aromatic carbocycles. The third kappa shape index (κ3) is 2.65. The molecule has 1 saturated heterocycles. The summed E-state index contributed by atoms with van der Waals surface area (Å²) < 4.78 is 13.9. The fourth-order valence-corrected chi connectivity index (χ4v) is 3.26. The van der Waals surface area contributed by atoms with Gasteiger partial charge in [-0.25, -0.2) is 4.39 Å². The van der Waals surface area contributed by atoms with Crippen LogP contribution in [0.3, 0.4) is 0 Å². The predicted octanol–water partition coefficient (Wildman–Crippen LogP) is 3.35. The van der Waals surface area contributed by atoms with Crippen LogP contribution in [0.5, 0.6) is 0 Å². The molecule has 0 amide bonds. The van der Waals surface area contributed by atoms with Gasteiger partial charge in [0.1, 0.15) is 5.82 Å². The first-order chi connectivity index (χ1) is 9.24. The summed E-state index contributed by atoms with van der Waals surface area (Å²) in [7, 11) is 0. The van der Waals surface area contributed by atoms with Gasteiger partial charge in [0.15, 0.2) is 0 Å². The maximum absolute atomic E-state index is 13.9. The summed E-state index contributed by atoms with van der Waals surface area (Å²) in [5.74, 6) is -0.161. The molecule has 3 rings (SSSR count). The van der Waals surface area contributed by atoms with Gasteiger partial charge in [-0.2, -0.15) is 0 Å². The van der Waals surface area contributed by atoms with Crippen LogP contribution < -0.4 is 10.2 Å². The van der Waals surface area contributed by atoms with Gasteiger partial charge in [-0.05, 0) is 42.1 Å². The summed E-state index contributed by atoms with van der Waals surface area (Å²) in [4.78, 5) is 3.39. The van der Waals surface area contributed by atoms with Crippen molar-refractivity contribution in [2.75, 3.05) is 24.5 Å². The Kier molecular flexibility index (Phi) is 3.53. The minimum Gasteiger partial charge on any atom is -0.366 e. The zero-order valence-electron chi connectivity index (χ0n) is 10.9. The minimum atomic E-state index is -0.161. The molecule has 1 N–H and O–H groups in total. The van der Waals surface area contributed by atoms with Crippen molar-refractivity contribution >= 4 is 17.0 Å². The lowest BCUT2D eigenvalue weighted by atomic mass is 10.1. The molecule has 1 aromatic heterocycles. The van der Waals surface area contributed by atoms with E-state index in [4.69, 9.17) is 0 Å². The lowest BCUT2D eigenvalue weighted by Gasteiger charge is -2.36. The van der Waals surface area contributed by atoms with E-state index in [0.29, 0.717) is 6.04 Å². The number of hydrogen-bond acceptors (Lipinski definition) is 3. The predicted molar refractivity (Wildman–Crippen MR) is 79.4 cm³/mol. The lowest BCUT2D eigenvalue weighted by molar-refractivity contribution is 0.499. The molecular weight excluding hydrogens is 259 g/mol. The first kappa shape index (κ1) is 12.6. The van der Waals surface area contributed by atoms with Crippen molar-refractivity contribution in [2.24, 2.45) is 0 Å². The summed E-state index contributed by atoms with van der Waals surface area (Å²) in [6, 6.07) is 9.77. The standard InChI is InChI=1S/C15H17FN2S/c1-11-10-17-4-5-18(11)14-8-12(7-13(16)9-14)15-3-2-6-19-15/h2-3,6-9,11,17H,4-5,10H2,1H3. The molecule has 1 atom stereocenters. The first-order valence-electron chi connectivity index (χ1n) is 6.56. The Balaban J connectivity index is 1.97. The van der Waals surface area contributed by atoms with Crippen molar-refractivity contribution in [1.82, 2.24) is 5.32 Å². The van der Waals surface area contributed by atoms with Gasteiger partial charge in [0.2, 0.25) is 0 Å². The molecule has 1 unspecified atom stereocenters. The van der Waals surface area contributed by atoms with Crippen molar-refractivity contribution in [3.8, 4) is 10.4 Å². The molecule has 0 radical (unpaired) electrons. The van der Waals surface area contributed by atoms with Crippen LogP contribution in [0.25, 0.3) is 10.4 Å². The summed E-state index contributed by atoms with van der Waals surface area (Å²) in [6.07, 6.45) is 0. The molecule has 0 aliphatic carbocycles. The molecule has 2 nitrogen and oxygen atoms in total. The van der Waals surface area contributed by atoms with Crippen molar-refractivity contribution in [2.45, 2.75) is 13.0 Å². The third-order valence-electron chi connectivity index (χ3n) is 3.52. The molecule has 1 aliphatic heterocycles. The Bertz CT molecular complexity index is 553. The molecule has 0 saturated carbocycles. The Morgan fingerprint density at radius 1 is 1.37 bits per heavy atom. The van der Waals surface area contributed by atoms with Crippen LogP contribution >= 0.6 is 11.3 Å². The molecule has 1 fully saturated rings. The van der Waals surface area contributed by atoms with Gasteiger partial charge < -0.3 is 10.2 Å². The topological polar surface area (TPSA) is 15.3 Å². The van der Waals surface area contributed by atoms with Crippen LogP contribution in [0, 0.1) is 5.82 Å². The van der Waals surface area contributed by atoms with E-state index in [0.717, 1.165) is 35.8 Å². The molecule has 4 heteroatoms. The summed E-state index contributed by atoms with van der Waals surface area (Å²) in [6.45, 7) is 5.00. The van der Waals surface area contributed by atoms with Gasteiger partial charge in [-0.3, -0.25) is 0 Å². The number of hydrogen-bond donors (Lipinski definition) is 1. The van der Waals surface area contributed by atoms with Gasteiger partial charge in [0, 0.05) is 36.2 Å². The molecule has 0 spiro atoms. The molecule has 100 valence electrons. The van der Waals surface area contributed by atoms with Crippen LogP contribution in [0.15, 0.2) is 35.7 Å². The van der Waals surface area contributed by atoms with Crippen molar-refractivity contribution in [1.29, 1.82) is 0 Å². The lowest BCUT2D eigenvalue weighted by Crippen LogP contribution is -2.49. The fourth-order valence-electron chi connectivity index (χ4n) is 2.55. The smallest absolute Gasteiger partial charge is 0.125 e. The maximum atomic E-state index is 13.9. The van der Waals surface area contributed by atoms with Gasteiger partial charge in [0.05, 0.1) is 0 Å². The van der Waals surface area contributed by atoms with E-state index >= 15 is 0 Å². The van der Waals surface area contributed by atoms with E-state index in [1.54, 1.807) is 23.5 Å². The normalized spacial score (nSPS) is 19.7. The zero-order valence-corrected chi connectivity index (χ0v) is 11.7. The van der Waals surface area contributed by atoms with Gasteiger partial charge in [-0.15, -0.1) is 11.3 Å². The highest BCUT2D eigenvalue weighted by Gasteiger charge is 2.19. The highest BCUT2D eigenvalue weighted by Crippen LogP contribution is 2.30. The summed E-state index contributed by atoms with van der Waals surface area (Å²) in [5.41, 5.74) is 1.95. The monoisotopic (exact) mass is 276 g/mol. The van der Waals surface area contributed by atoms with E-state index in [2.05, 4.69) is 23.2 Å². The van der Waals surface area contributed by atoms with E-state index < -0.39 is 0 Å². The van der Waals surface area contributed by atoms with Crippen LogP contribution in [-0.2, 0) is 0 Å². The second kappa shape index (κ2) is 5.31. The highest BCUT2D eigenvalue weighted by atomic mass is 32.1. The quantitative estimate of drug-likeness (QED) is 0.905. The number of nitrogens with one attached hydrogen (secondary N) is 1. The average molecular weight is 276 g/mol. The largest absolute Gasteiger partial charge is 0.366 e. The van der Waals surface area contributed by atoms with Crippen LogP contribution in [-0.4, -0.2) is 25.7 Å². The van der Waals surface area contributed by atoms with Crippen molar-refractivity contribution in [3.63, 3.8) is 0 Å². The van der Waals surface area contributed by atoms with E-state index in [1.807, 2.05) is 17.5 Å². The van der Waals surface area contributed by atoms with Gasteiger partial charge >= 0.3 is 0 Å². The van der Waals surface area contributed by atoms with E-state index in [9.17, 15) is 4.39 Å². The fraction of sp³-hybridized carbons (Fsp3) is 0.333. The molecule has 2 heterocycles. The second-order valence-corrected chi connectivity index (χ2v) is 5.87. The number of thiophene rings is 1. The Morgan fingerprint density at radius 2 is 2.26 bits per heavy atom. The third-order valence-corrected chi connectivity index (χ3v) is 4.44. The first-order valence-corrected chi connectivity index (χ1v) is 7.44. The number of nitrogens with zero attached hydrogens (tertiary/aromatic N) is 1. The van der Waals surface area contributed by atoms with Crippen LogP contribution in [0.2, 0.25) is 0 Å². The SMILES string of the molecule is CC1CNCCN1c1cc(F)cc(-c2cccs2)c1. The number of halogens is 1. The van der Waals surface area contributed by atoms with Gasteiger partial charge in [-0.1, -0.05) is 6.07 Å². The Hall–Kier alpha value is -1.39. The molecule has 1 aliphatic rings. The van der Waals surface area contributed by atoms with Crippen LogP contribution in [0.1, 0.15) is 6.92 Å². The second-order valence-electron chi connectivity index (χ2n) is 4.92. The Labute approximate surface area is 116 Å². The molecule has 2 aromatic rings. The summed E-state index contributed by atoms with van der Waals surface area (Å²) in [5, 5.41) is 5.38. The molecule has 0 bridgehead atoms. The van der Waals surface area contributed by atoms with E-state index in [1.165, 1.54) is 0 Å². The average Bonchev–Trinajstić information content (AvgIpc) is 2.92. The molecule has 19 heavy (non-hydrogen) atoms. The zero-order chi connectivity index (χ0) is 13.2. The molecular formula is C15H17FN2S. The van der Waals surface area contributed by atoms with Crippen LogP contribution in [0.4, 0.5) is 10.1 Å². The van der Waals surface area contributed by atoms with Crippen molar-refractivity contribution < 1.29 is 4.39 Å². The minimum absolute atomic E-state index is 0.161. The maximum Gasteiger partial charge on any atom is 0.125 e.